The molecule has 2 N–H and O–H groups in total. The normalized spacial score (nSPS) is 33.0. The van der Waals surface area contributed by atoms with E-state index in [9.17, 15) is 20.2 Å². The van der Waals surface area contributed by atoms with Crippen molar-refractivity contribution in [2.75, 3.05) is 0 Å². The summed E-state index contributed by atoms with van der Waals surface area (Å²) in [5, 5.41) is 31.2. The first-order chi connectivity index (χ1) is 9.58. The molecule has 20 heavy (non-hydrogen) atoms. The van der Waals surface area contributed by atoms with Crippen LogP contribution in [0.15, 0.2) is 24.5 Å². The number of hydrogen-bond donors (Lipinski definition) is 2. The number of carbonyl (C=O) groups is 1. The fraction of sp³-hybridized carbons (Fsp3) is 0.571. The van der Waals surface area contributed by atoms with Gasteiger partial charge in [-0.2, -0.15) is 4.73 Å². The molecule has 2 fully saturated rings. The highest BCUT2D eigenvalue weighted by Gasteiger charge is 2.45. The number of carbonyl (C=O) groups excluding carboxylic acids is 1. The van der Waals surface area contributed by atoms with Crippen LogP contribution in [-0.4, -0.2) is 45.3 Å². The zero-order valence-electron chi connectivity index (χ0n) is 11.1. The van der Waals surface area contributed by atoms with Crippen molar-refractivity contribution in [2.45, 2.75) is 50.0 Å². The number of aromatic nitrogens is 1. The van der Waals surface area contributed by atoms with Gasteiger partial charge in [-0.25, -0.2) is 0 Å². The molecule has 0 aliphatic carbocycles. The molecular formula is C14H18N2O4. The minimum Gasteiger partial charge on any atom is -0.619 e. The van der Waals surface area contributed by atoms with Crippen molar-refractivity contribution in [3.63, 3.8) is 0 Å². The molecule has 4 atom stereocenters. The monoisotopic (exact) mass is 278 g/mol. The molecular weight excluding hydrogens is 260 g/mol. The number of pyridine rings is 1. The van der Waals surface area contributed by atoms with Gasteiger partial charge in [-0.15, -0.1) is 0 Å². The summed E-state index contributed by atoms with van der Waals surface area (Å²) in [7, 11) is 0. The van der Waals surface area contributed by atoms with Gasteiger partial charge in [0.25, 0.3) is 5.91 Å². The Bertz CT molecular complexity index is 486. The molecule has 3 heterocycles. The number of aliphatic hydroxyl groups excluding tert-OH is 2. The third kappa shape index (κ3) is 2.14. The van der Waals surface area contributed by atoms with Crippen LogP contribution in [0.4, 0.5) is 0 Å². The number of rotatable bonds is 1. The van der Waals surface area contributed by atoms with E-state index in [1.807, 2.05) is 0 Å². The lowest BCUT2D eigenvalue weighted by Gasteiger charge is -2.50. The number of amides is 1. The van der Waals surface area contributed by atoms with E-state index in [1.165, 1.54) is 24.5 Å². The molecule has 2 aliphatic heterocycles. The van der Waals surface area contributed by atoms with Gasteiger partial charge in [0.05, 0.1) is 29.9 Å². The first-order valence-electron chi connectivity index (χ1n) is 6.95. The Labute approximate surface area is 116 Å². The second kappa shape index (κ2) is 5.03. The maximum absolute atomic E-state index is 12.6. The smallest absolute Gasteiger partial charge is 0.254 e. The predicted octanol–water partition coefficient (Wildman–Crippen LogP) is -0.191. The predicted molar refractivity (Wildman–Crippen MR) is 69.6 cm³/mol. The molecule has 6 heteroatoms. The van der Waals surface area contributed by atoms with Crippen LogP contribution in [-0.2, 0) is 0 Å². The van der Waals surface area contributed by atoms with E-state index in [0.29, 0.717) is 36.0 Å². The summed E-state index contributed by atoms with van der Waals surface area (Å²) in [6.07, 6.45) is 3.95. The molecule has 0 aromatic carbocycles. The zero-order valence-corrected chi connectivity index (χ0v) is 11.1. The summed E-state index contributed by atoms with van der Waals surface area (Å²) >= 11 is 0. The average Bonchev–Trinajstić information content (AvgIpc) is 2.45. The summed E-state index contributed by atoms with van der Waals surface area (Å²) in [6, 6.07) is 2.48. The number of aliphatic hydroxyl groups is 2. The fourth-order valence-electron chi connectivity index (χ4n) is 3.35. The lowest BCUT2D eigenvalue weighted by molar-refractivity contribution is -0.605. The number of fused-ring (bicyclic) bond motifs is 2. The molecule has 2 bridgehead atoms. The van der Waals surface area contributed by atoms with Crippen molar-refractivity contribution in [1.29, 1.82) is 0 Å². The molecule has 3 rings (SSSR count). The summed E-state index contributed by atoms with van der Waals surface area (Å²) in [4.78, 5) is 14.2. The van der Waals surface area contributed by atoms with Crippen LogP contribution < -0.4 is 4.73 Å². The maximum Gasteiger partial charge on any atom is 0.254 e. The maximum atomic E-state index is 12.6. The Balaban J connectivity index is 1.90. The van der Waals surface area contributed by atoms with Crippen molar-refractivity contribution in [1.82, 2.24) is 4.90 Å². The van der Waals surface area contributed by atoms with Gasteiger partial charge < -0.3 is 20.3 Å². The minimum absolute atomic E-state index is 0.224. The van der Waals surface area contributed by atoms with Crippen LogP contribution in [0.2, 0.25) is 0 Å². The van der Waals surface area contributed by atoms with Crippen LogP contribution in [0.5, 0.6) is 0 Å². The van der Waals surface area contributed by atoms with Crippen LogP contribution in [0.1, 0.15) is 36.0 Å². The lowest BCUT2D eigenvalue weighted by Crippen LogP contribution is -2.62. The van der Waals surface area contributed by atoms with E-state index in [1.54, 1.807) is 4.90 Å². The van der Waals surface area contributed by atoms with E-state index in [4.69, 9.17) is 0 Å². The van der Waals surface area contributed by atoms with Crippen LogP contribution in [0.25, 0.3) is 0 Å². The van der Waals surface area contributed by atoms with Gasteiger partial charge in [0.2, 0.25) is 0 Å². The number of hydrogen-bond acceptors (Lipinski definition) is 4. The van der Waals surface area contributed by atoms with E-state index in [0.717, 1.165) is 0 Å². The molecule has 108 valence electrons. The van der Waals surface area contributed by atoms with Gasteiger partial charge in [-0.1, -0.05) is 0 Å². The van der Waals surface area contributed by atoms with Crippen molar-refractivity contribution < 1.29 is 19.7 Å². The summed E-state index contributed by atoms with van der Waals surface area (Å²) in [5.74, 6) is -0.224. The highest BCUT2D eigenvalue weighted by atomic mass is 16.5. The molecule has 1 aromatic rings. The van der Waals surface area contributed by atoms with Gasteiger partial charge in [0.15, 0.2) is 12.4 Å². The first kappa shape index (κ1) is 13.3. The van der Waals surface area contributed by atoms with Crippen LogP contribution >= 0.6 is 0 Å². The van der Waals surface area contributed by atoms with Gasteiger partial charge in [0, 0.05) is 12.1 Å². The molecule has 1 amide bonds. The quantitative estimate of drug-likeness (QED) is 0.550. The third-order valence-electron chi connectivity index (χ3n) is 4.40. The fourth-order valence-corrected chi connectivity index (χ4v) is 3.35. The van der Waals surface area contributed by atoms with Crippen molar-refractivity contribution in [2.24, 2.45) is 0 Å². The number of nitrogens with zero attached hydrogens (tertiary/aromatic N) is 2. The number of piperidine rings is 2. The highest BCUT2D eigenvalue weighted by Crippen LogP contribution is 2.35. The second-order valence-corrected chi connectivity index (χ2v) is 5.58. The summed E-state index contributed by atoms with van der Waals surface area (Å²) < 4.78 is 0.623. The molecule has 0 radical (unpaired) electrons. The summed E-state index contributed by atoms with van der Waals surface area (Å²) in [6.45, 7) is 0. The SMILES string of the molecule is O=C(c1cc[n+]([O-])cc1)N1[C@@H]2CC[C@@H](O)[C@H]1CC[C@H]2O. The molecule has 0 saturated carbocycles. The summed E-state index contributed by atoms with van der Waals surface area (Å²) in [5.41, 5.74) is 0.412. The Kier molecular flexibility index (Phi) is 3.35. The van der Waals surface area contributed by atoms with E-state index >= 15 is 0 Å². The standard InChI is InChI=1S/C14H18N2O4/c17-12-3-1-10-13(18)4-2-11(12)16(10)14(19)9-5-7-15(20)8-6-9/h5-8,10-13,17-18H,1-4H2/t10-,11-,12-,13-/m1/s1. The Hall–Kier alpha value is -1.66. The zero-order chi connectivity index (χ0) is 14.3. The minimum atomic E-state index is -0.532. The largest absolute Gasteiger partial charge is 0.619 e. The molecule has 2 aliphatic rings. The lowest BCUT2D eigenvalue weighted by atomic mass is 9.80. The topological polar surface area (TPSA) is 87.7 Å². The van der Waals surface area contributed by atoms with Gasteiger partial charge >= 0.3 is 0 Å². The Morgan fingerprint density at radius 3 is 2.10 bits per heavy atom. The van der Waals surface area contributed by atoms with E-state index in [-0.39, 0.29) is 18.0 Å². The molecule has 0 unspecified atom stereocenters. The Morgan fingerprint density at radius 2 is 1.60 bits per heavy atom. The molecule has 1 aromatic heterocycles. The van der Waals surface area contributed by atoms with E-state index < -0.39 is 12.2 Å². The first-order valence-corrected chi connectivity index (χ1v) is 6.95. The van der Waals surface area contributed by atoms with Crippen molar-refractivity contribution >= 4 is 5.91 Å². The second-order valence-electron chi connectivity index (χ2n) is 5.58. The molecule has 0 spiro atoms. The Morgan fingerprint density at radius 1 is 1.10 bits per heavy atom. The van der Waals surface area contributed by atoms with Crippen LogP contribution in [0, 0.1) is 5.21 Å². The van der Waals surface area contributed by atoms with Gasteiger partial charge in [0.1, 0.15) is 0 Å². The molecule has 6 nitrogen and oxygen atoms in total. The van der Waals surface area contributed by atoms with Gasteiger partial charge in [-0.3, -0.25) is 4.79 Å². The third-order valence-corrected chi connectivity index (χ3v) is 4.40. The molecule has 2 saturated heterocycles. The van der Waals surface area contributed by atoms with Crippen molar-refractivity contribution in [3.8, 4) is 0 Å². The van der Waals surface area contributed by atoms with Gasteiger partial charge in [-0.05, 0) is 25.7 Å². The van der Waals surface area contributed by atoms with Crippen LogP contribution in [0.3, 0.4) is 0 Å². The van der Waals surface area contributed by atoms with E-state index in [2.05, 4.69) is 0 Å². The van der Waals surface area contributed by atoms with Crippen molar-refractivity contribution in [3.05, 3.63) is 35.3 Å². The average molecular weight is 278 g/mol. The highest BCUT2D eigenvalue weighted by molar-refractivity contribution is 5.94.